The van der Waals surface area contributed by atoms with E-state index in [2.05, 4.69) is 5.32 Å². The van der Waals surface area contributed by atoms with Crippen molar-refractivity contribution in [2.24, 2.45) is 0 Å². The summed E-state index contributed by atoms with van der Waals surface area (Å²) in [5.74, 6) is -1.44. The van der Waals surface area contributed by atoms with Crippen LogP contribution in [0.2, 0.25) is 10.0 Å². The molecule has 132 valence electrons. The molecule has 0 amide bonds. The first-order valence-corrected chi connectivity index (χ1v) is 9.18. The molecule has 1 unspecified atom stereocenters. The zero-order valence-electron chi connectivity index (χ0n) is 12.5. The molecule has 2 aromatic rings. The molecule has 0 aliphatic carbocycles. The quantitative estimate of drug-likeness (QED) is 0.728. The molecule has 10 heteroatoms. The third kappa shape index (κ3) is 3.25. The molecule has 0 saturated carbocycles. The highest BCUT2D eigenvalue weighted by Crippen LogP contribution is 2.40. The van der Waals surface area contributed by atoms with Crippen LogP contribution in [-0.2, 0) is 21.4 Å². The predicted octanol–water partition coefficient (Wildman–Crippen LogP) is 2.73. The molecule has 0 aromatic heterocycles. The van der Waals surface area contributed by atoms with Gasteiger partial charge in [-0.05, 0) is 29.8 Å². The van der Waals surface area contributed by atoms with E-state index in [0.29, 0.717) is 5.56 Å². The van der Waals surface area contributed by atoms with Gasteiger partial charge < -0.3 is 15.5 Å². The molecule has 0 bridgehead atoms. The average Bonchev–Trinajstić information content (AvgIpc) is 2.48. The fourth-order valence-electron chi connectivity index (χ4n) is 2.60. The predicted molar refractivity (Wildman–Crippen MR) is 92.3 cm³/mol. The number of fused-ring (bicyclic) bond motifs is 1. The smallest absolute Gasteiger partial charge is 0.342 e. The van der Waals surface area contributed by atoms with Gasteiger partial charge in [0.05, 0.1) is 10.7 Å². The van der Waals surface area contributed by atoms with Crippen molar-refractivity contribution in [2.75, 3.05) is 5.32 Å². The Balaban J connectivity index is 2.13. The Morgan fingerprint density at radius 1 is 1.24 bits per heavy atom. The number of rotatable bonds is 3. The van der Waals surface area contributed by atoms with Crippen LogP contribution in [0.4, 0.5) is 5.69 Å². The normalized spacial score (nSPS) is 19.0. The van der Waals surface area contributed by atoms with Gasteiger partial charge in [0, 0.05) is 11.6 Å². The molecule has 2 aromatic carbocycles. The monoisotopic (exact) mass is 402 g/mol. The van der Waals surface area contributed by atoms with Gasteiger partial charge in [0.15, 0.2) is 6.17 Å². The summed E-state index contributed by atoms with van der Waals surface area (Å²) in [6.45, 7) is -0.265. The van der Waals surface area contributed by atoms with Gasteiger partial charge in [0.1, 0.15) is 10.6 Å². The number of sulfonamides is 1. The van der Waals surface area contributed by atoms with Crippen LogP contribution in [0.15, 0.2) is 41.3 Å². The van der Waals surface area contributed by atoms with Gasteiger partial charge in [0.2, 0.25) is 10.0 Å². The van der Waals surface area contributed by atoms with Gasteiger partial charge in [-0.15, -0.1) is 0 Å². The van der Waals surface area contributed by atoms with E-state index >= 15 is 0 Å². The molecule has 3 rings (SSSR count). The van der Waals surface area contributed by atoms with Crippen molar-refractivity contribution in [3.63, 3.8) is 0 Å². The molecular weight excluding hydrogens is 391 g/mol. The summed E-state index contributed by atoms with van der Waals surface area (Å²) in [4.78, 5) is 11.4. The summed E-state index contributed by atoms with van der Waals surface area (Å²) in [6.07, 6.45) is -1.55. The Morgan fingerprint density at radius 3 is 2.60 bits per heavy atom. The minimum atomic E-state index is -4.22. The number of carboxylic acids is 1. The highest BCUT2D eigenvalue weighted by atomic mass is 35.5. The van der Waals surface area contributed by atoms with Crippen molar-refractivity contribution in [1.82, 2.24) is 4.31 Å². The third-order valence-corrected chi connectivity index (χ3v) is 6.18. The number of halogens is 2. The molecule has 3 N–H and O–H groups in total. The highest BCUT2D eigenvalue weighted by molar-refractivity contribution is 7.89. The average molecular weight is 403 g/mol. The number of benzene rings is 2. The molecule has 0 spiro atoms. The number of aromatic hydroxyl groups is 1. The van der Waals surface area contributed by atoms with Crippen LogP contribution in [0, 0.1) is 0 Å². The van der Waals surface area contributed by atoms with Crippen LogP contribution in [0.5, 0.6) is 5.75 Å². The number of hydrogen-bond donors (Lipinski definition) is 3. The Kier molecular flexibility index (Phi) is 4.54. The zero-order valence-corrected chi connectivity index (χ0v) is 14.8. The van der Waals surface area contributed by atoms with E-state index in [4.69, 9.17) is 23.2 Å². The first-order valence-electron chi connectivity index (χ1n) is 6.98. The summed E-state index contributed by atoms with van der Waals surface area (Å²) in [5, 5.41) is 21.7. The van der Waals surface area contributed by atoms with E-state index in [1.54, 1.807) is 6.07 Å². The van der Waals surface area contributed by atoms with Crippen molar-refractivity contribution in [1.29, 1.82) is 0 Å². The Labute approximate surface area is 153 Å². The summed E-state index contributed by atoms with van der Waals surface area (Å²) in [5.41, 5.74) is 0.446. The molecule has 1 aliphatic heterocycles. The maximum absolute atomic E-state index is 13.0. The van der Waals surface area contributed by atoms with E-state index in [1.165, 1.54) is 30.3 Å². The van der Waals surface area contributed by atoms with Gasteiger partial charge in [-0.1, -0.05) is 35.3 Å². The van der Waals surface area contributed by atoms with Crippen molar-refractivity contribution >= 4 is 44.9 Å². The van der Waals surface area contributed by atoms with Gasteiger partial charge >= 0.3 is 5.97 Å². The molecule has 0 fully saturated rings. The Hall–Kier alpha value is -2.00. The number of anilines is 1. The van der Waals surface area contributed by atoms with Crippen molar-refractivity contribution in [2.45, 2.75) is 17.6 Å². The Bertz CT molecular complexity index is 964. The topological polar surface area (TPSA) is 107 Å². The van der Waals surface area contributed by atoms with Crippen LogP contribution in [0.25, 0.3) is 0 Å². The van der Waals surface area contributed by atoms with Crippen molar-refractivity contribution < 1.29 is 23.4 Å². The van der Waals surface area contributed by atoms with Gasteiger partial charge in [0.25, 0.3) is 0 Å². The second kappa shape index (κ2) is 6.38. The van der Waals surface area contributed by atoms with Gasteiger partial charge in [-0.2, -0.15) is 4.31 Å². The number of hydrogen-bond acceptors (Lipinski definition) is 5. The molecule has 0 radical (unpaired) electrons. The maximum Gasteiger partial charge on any atom is 0.342 e. The van der Waals surface area contributed by atoms with Crippen LogP contribution in [-0.4, -0.2) is 35.1 Å². The Morgan fingerprint density at radius 2 is 1.96 bits per heavy atom. The van der Waals surface area contributed by atoms with Crippen LogP contribution in [0.3, 0.4) is 0 Å². The molecular formula is C15H12Cl2N2O5S. The summed E-state index contributed by atoms with van der Waals surface area (Å²) in [6, 6.07) is 8.47. The lowest BCUT2D eigenvalue weighted by Gasteiger charge is -2.35. The molecule has 1 atom stereocenters. The first kappa shape index (κ1) is 17.8. The SMILES string of the molecule is O=C(O)C1Nc2cc(Cl)cc(Cl)c2S(=O)(=O)N1Cc1cccc(O)c1. The number of carbonyl (C=O) groups is 1. The van der Waals surface area contributed by atoms with E-state index in [9.17, 15) is 23.4 Å². The lowest BCUT2D eigenvalue weighted by molar-refractivity contribution is -0.140. The fourth-order valence-corrected chi connectivity index (χ4v) is 5.06. The minimum Gasteiger partial charge on any atom is -0.508 e. The molecule has 25 heavy (non-hydrogen) atoms. The molecule has 1 aliphatic rings. The van der Waals surface area contributed by atoms with Gasteiger partial charge in [-0.25, -0.2) is 13.2 Å². The number of nitrogens with zero attached hydrogens (tertiary/aromatic N) is 1. The van der Waals surface area contributed by atoms with Crippen LogP contribution >= 0.6 is 23.2 Å². The lowest BCUT2D eigenvalue weighted by atomic mass is 10.2. The van der Waals surface area contributed by atoms with Gasteiger partial charge in [-0.3, -0.25) is 0 Å². The molecule has 1 heterocycles. The van der Waals surface area contributed by atoms with E-state index in [0.717, 1.165) is 4.31 Å². The summed E-state index contributed by atoms with van der Waals surface area (Å²) >= 11 is 11.9. The number of phenolic OH excluding ortho intramolecular Hbond substituents is 1. The second-order valence-corrected chi connectivity index (χ2v) is 8.04. The molecule has 0 saturated heterocycles. The zero-order chi connectivity index (χ0) is 18.4. The lowest BCUT2D eigenvalue weighted by Crippen LogP contribution is -2.52. The number of aliphatic carboxylic acids is 1. The van der Waals surface area contributed by atoms with Crippen molar-refractivity contribution in [3.05, 3.63) is 52.0 Å². The fraction of sp³-hybridized carbons (Fsp3) is 0.133. The number of phenols is 1. The highest BCUT2D eigenvalue weighted by Gasteiger charge is 2.43. The number of carboxylic acid groups (broad SMARTS) is 1. The number of nitrogens with one attached hydrogen (secondary N) is 1. The molecule has 7 nitrogen and oxygen atoms in total. The standard InChI is InChI=1S/C15H12Cl2N2O5S/c16-9-5-11(17)13-12(6-9)18-14(15(21)22)19(25(13,23)24)7-8-2-1-3-10(20)4-8/h1-6,14,18,20H,7H2,(H,21,22). The summed E-state index contributed by atoms with van der Waals surface area (Å²) in [7, 11) is -4.22. The third-order valence-electron chi connectivity index (χ3n) is 3.64. The van der Waals surface area contributed by atoms with E-state index < -0.39 is 22.2 Å². The largest absolute Gasteiger partial charge is 0.508 e. The first-order chi connectivity index (χ1) is 11.7. The van der Waals surface area contributed by atoms with E-state index in [-0.39, 0.29) is 32.9 Å². The summed E-state index contributed by atoms with van der Waals surface area (Å²) < 4.78 is 26.7. The maximum atomic E-state index is 13.0. The second-order valence-electron chi connectivity index (χ2n) is 5.37. The van der Waals surface area contributed by atoms with Crippen molar-refractivity contribution in [3.8, 4) is 5.75 Å². The van der Waals surface area contributed by atoms with E-state index in [1.807, 2.05) is 0 Å². The van der Waals surface area contributed by atoms with Crippen LogP contribution in [0.1, 0.15) is 5.56 Å². The van der Waals surface area contributed by atoms with Crippen LogP contribution < -0.4 is 5.32 Å². The minimum absolute atomic E-state index is 0.0251.